The molecule has 1 atom stereocenters. The first kappa shape index (κ1) is 17.5. The molecule has 0 radical (unpaired) electrons. The number of carbonyl (C=O) groups excluding carboxylic acids is 2. The highest BCUT2D eigenvalue weighted by Crippen LogP contribution is 2.17. The average Bonchev–Trinajstić information content (AvgIpc) is 2.55. The van der Waals surface area contributed by atoms with Gasteiger partial charge >= 0.3 is 0 Å². The number of anilines is 1. The van der Waals surface area contributed by atoms with Gasteiger partial charge in [-0.05, 0) is 66.3 Å². The lowest BCUT2D eigenvalue weighted by Gasteiger charge is -2.14. The summed E-state index contributed by atoms with van der Waals surface area (Å²) < 4.78 is 0.984. The van der Waals surface area contributed by atoms with E-state index in [1.54, 1.807) is 36.4 Å². The molecule has 0 aromatic heterocycles. The molecule has 0 saturated heterocycles. The third-order valence-electron chi connectivity index (χ3n) is 3.50. The molecule has 0 fully saturated rings. The standard InChI is InChI=1S/C18H19IN2O2/c1-3-12(2)20-18(23)15-9-4-5-10-16(15)21-17(22)13-7-6-8-14(19)11-13/h4-12H,3H2,1-2H3,(H,20,23)(H,21,22)/t12-/m1/s1. The normalized spacial score (nSPS) is 11.6. The zero-order valence-electron chi connectivity index (χ0n) is 13.1. The van der Waals surface area contributed by atoms with Gasteiger partial charge < -0.3 is 10.6 Å². The summed E-state index contributed by atoms with van der Waals surface area (Å²) in [5, 5.41) is 5.74. The number of halogens is 1. The first-order valence-electron chi connectivity index (χ1n) is 7.48. The van der Waals surface area contributed by atoms with E-state index in [1.807, 2.05) is 26.0 Å². The molecule has 0 aliphatic rings. The molecule has 0 spiro atoms. The highest BCUT2D eigenvalue weighted by Gasteiger charge is 2.15. The molecule has 5 heteroatoms. The van der Waals surface area contributed by atoms with Crippen LogP contribution >= 0.6 is 22.6 Å². The largest absolute Gasteiger partial charge is 0.350 e. The number of para-hydroxylation sites is 1. The lowest BCUT2D eigenvalue weighted by atomic mass is 10.1. The fourth-order valence-corrected chi connectivity index (χ4v) is 2.56. The molecule has 0 aliphatic heterocycles. The molecule has 0 heterocycles. The second kappa shape index (κ2) is 8.10. The second-order valence-corrected chi connectivity index (χ2v) is 6.54. The zero-order chi connectivity index (χ0) is 16.8. The van der Waals surface area contributed by atoms with Crippen LogP contribution in [0.2, 0.25) is 0 Å². The predicted octanol–water partition coefficient (Wildman–Crippen LogP) is 4.07. The van der Waals surface area contributed by atoms with Gasteiger partial charge in [-0.25, -0.2) is 0 Å². The Labute approximate surface area is 149 Å². The summed E-state index contributed by atoms with van der Waals surface area (Å²) in [6.45, 7) is 3.96. The molecule has 23 heavy (non-hydrogen) atoms. The number of amides is 2. The number of carbonyl (C=O) groups is 2. The van der Waals surface area contributed by atoms with E-state index in [2.05, 4.69) is 33.2 Å². The quantitative estimate of drug-likeness (QED) is 0.714. The molecule has 2 rings (SSSR count). The molecule has 120 valence electrons. The highest BCUT2D eigenvalue weighted by molar-refractivity contribution is 14.1. The Morgan fingerprint density at radius 3 is 2.52 bits per heavy atom. The Morgan fingerprint density at radius 2 is 1.83 bits per heavy atom. The van der Waals surface area contributed by atoms with Crippen LogP contribution in [0.5, 0.6) is 0 Å². The Kier molecular flexibility index (Phi) is 6.15. The second-order valence-electron chi connectivity index (χ2n) is 5.29. The van der Waals surface area contributed by atoms with Gasteiger partial charge in [0.05, 0.1) is 11.3 Å². The van der Waals surface area contributed by atoms with Gasteiger partial charge in [0.15, 0.2) is 0 Å². The Morgan fingerprint density at radius 1 is 1.09 bits per heavy atom. The molecule has 2 aromatic rings. The summed E-state index contributed by atoms with van der Waals surface area (Å²) in [5.74, 6) is -0.412. The van der Waals surface area contributed by atoms with Crippen LogP contribution in [0.4, 0.5) is 5.69 Å². The van der Waals surface area contributed by atoms with E-state index in [0.717, 1.165) is 9.99 Å². The van der Waals surface area contributed by atoms with Gasteiger partial charge in [-0.1, -0.05) is 25.1 Å². The third kappa shape index (κ3) is 4.79. The molecule has 4 nitrogen and oxygen atoms in total. The highest BCUT2D eigenvalue weighted by atomic mass is 127. The zero-order valence-corrected chi connectivity index (χ0v) is 15.3. The van der Waals surface area contributed by atoms with E-state index in [-0.39, 0.29) is 17.9 Å². The van der Waals surface area contributed by atoms with Crippen LogP contribution in [0.3, 0.4) is 0 Å². The van der Waals surface area contributed by atoms with E-state index in [4.69, 9.17) is 0 Å². The van der Waals surface area contributed by atoms with E-state index in [9.17, 15) is 9.59 Å². The number of nitrogens with one attached hydrogen (secondary N) is 2. The van der Waals surface area contributed by atoms with Crippen molar-refractivity contribution in [1.29, 1.82) is 0 Å². The fourth-order valence-electron chi connectivity index (χ4n) is 2.02. The van der Waals surface area contributed by atoms with Crippen molar-refractivity contribution >= 4 is 40.1 Å². The van der Waals surface area contributed by atoms with E-state index in [1.165, 1.54) is 0 Å². The summed E-state index contributed by atoms with van der Waals surface area (Å²) in [4.78, 5) is 24.7. The summed E-state index contributed by atoms with van der Waals surface area (Å²) in [6, 6.07) is 14.4. The first-order valence-corrected chi connectivity index (χ1v) is 8.56. The summed E-state index contributed by atoms with van der Waals surface area (Å²) >= 11 is 2.16. The molecule has 2 amide bonds. The monoisotopic (exact) mass is 422 g/mol. The van der Waals surface area contributed by atoms with Crippen LogP contribution < -0.4 is 10.6 Å². The number of hydrogen-bond acceptors (Lipinski definition) is 2. The number of hydrogen-bond donors (Lipinski definition) is 2. The summed E-state index contributed by atoms with van der Waals surface area (Å²) in [7, 11) is 0. The van der Waals surface area contributed by atoms with Crippen molar-refractivity contribution in [3.8, 4) is 0 Å². The molecule has 2 N–H and O–H groups in total. The van der Waals surface area contributed by atoms with Crippen molar-refractivity contribution in [2.75, 3.05) is 5.32 Å². The van der Waals surface area contributed by atoms with Crippen molar-refractivity contribution in [1.82, 2.24) is 5.32 Å². The minimum atomic E-state index is -0.229. The topological polar surface area (TPSA) is 58.2 Å². The minimum Gasteiger partial charge on any atom is -0.350 e. The molecular weight excluding hydrogens is 403 g/mol. The van der Waals surface area contributed by atoms with Gasteiger partial charge in [0.1, 0.15) is 0 Å². The molecule has 0 bridgehead atoms. The Bertz CT molecular complexity index is 716. The fraction of sp³-hybridized carbons (Fsp3) is 0.222. The maximum absolute atomic E-state index is 12.4. The van der Waals surface area contributed by atoms with Crippen molar-refractivity contribution in [2.45, 2.75) is 26.3 Å². The third-order valence-corrected chi connectivity index (χ3v) is 4.17. The molecule has 0 aliphatic carbocycles. The van der Waals surface area contributed by atoms with Crippen LogP contribution in [0, 0.1) is 3.57 Å². The van der Waals surface area contributed by atoms with Crippen LogP contribution in [0.15, 0.2) is 48.5 Å². The smallest absolute Gasteiger partial charge is 0.255 e. The predicted molar refractivity (Wildman–Crippen MR) is 101 cm³/mol. The SMILES string of the molecule is CC[C@@H](C)NC(=O)c1ccccc1NC(=O)c1cccc(I)c1. The Balaban J connectivity index is 2.20. The minimum absolute atomic E-state index is 0.0851. The molecular formula is C18H19IN2O2. The first-order chi connectivity index (χ1) is 11.0. The van der Waals surface area contributed by atoms with Gasteiger partial charge in [0, 0.05) is 15.2 Å². The van der Waals surface area contributed by atoms with Gasteiger partial charge in [0.25, 0.3) is 11.8 Å². The van der Waals surface area contributed by atoms with Gasteiger partial charge in [-0.3, -0.25) is 9.59 Å². The van der Waals surface area contributed by atoms with Gasteiger partial charge in [-0.2, -0.15) is 0 Å². The van der Waals surface area contributed by atoms with Crippen molar-refractivity contribution in [3.63, 3.8) is 0 Å². The van der Waals surface area contributed by atoms with E-state index in [0.29, 0.717) is 16.8 Å². The van der Waals surface area contributed by atoms with Crippen LogP contribution in [-0.4, -0.2) is 17.9 Å². The van der Waals surface area contributed by atoms with E-state index < -0.39 is 0 Å². The van der Waals surface area contributed by atoms with E-state index >= 15 is 0 Å². The molecule has 0 unspecified atom stereocenters. The maximum Gasteiger partial charge on any atom is 0.255 e. The lowest BCUT2D eigenvalue weighted by molar-refractivity contribution is 0.0940. The Hall–Kier alpha value is -1.89. The van der Waals surface area contributed by atoms with Crippen molar-refractivity contribution in [2.24, 2.45) is 0 Å². The summed E-state index contributed by atoms with van der Waals surface area (Å²) in [6.07, 6.45) is 0.850. The molecule has 0 saturated carbocycles. The van der Waals surface area contributed by atoms with Crippen LogP contribution in [0.1, 0.15) is 41.0 Å². The number of rotatable bonds is 5. The molecule has 2 aromatic carbocycles. The maximum atomic E-state index is 12.4. The number of benzene rings is 2. The van der Waals surface area contributed by atoms with Gasteiger partial charge in [0.2, 0.25) is 0 Å². The van der Waals surface area contributed by atoms with Gasteiger partial charge in [-0.15, -0.1) is 0 Å². The lowest BCUT2D eigenvalue weighted by Crippen LogP contribution is -2.32. The average molecular weight is 422 g/mol. The van der Waals surface area contributed by atoms with Crippen LogP contribution in [-0.2, 0) is 0 Å². The van der Waals surface area contributed by atoms with Crippen molar-refractivity contribution < 1.29 is 9.59 Å². The van der Waals surface area contributed by atoms with Crippen molar-refractivity contribution in [3.05, 3.63) is 63.2 Å². The summed E-state index contributed by atoms with van der Waals surface area (Å²) in [5.41, 5.74) is 1.54. The van der Waals surface area contributed by atoms with Crippen LogP contribution in [0.25, 0.3) is 0 Å².